The molecule has 0 saturated carbocycles. The Morgan fingerprint density at radius 3 is 2.03 bits per heavy atom. The summed E-state index contributed by atoms with van der Waals surface area (Å²) < 4.78 is 42.6. The molecule has 0 bridgehead atoms. The van der Waals surface area contributed by atoms with Gasteiger partial charge >= 0.3 is 6.36 Å². The van der Waals surface area contributed by atoms with Crippen molar-refractivity contribution >= 4 is 11.8 Å². The monoisotopic (exact) mass is 430 g/mol. The van der Waals surface area contributed by atoms with Crippen molar-refractivity contribution < 1.29 is 17.9 Å². The van der Waals surface area contributed by atoms with Crippen molar-refractivity contribution in [3.63, 3.8) is 0 Å². The summed E-state index contributed by atoms with van der Waals surface area (Å²) in [4.78, 5) is 0.914. The Morgan fingerprint density at radius 2 is 1.43 bits per heavy atom. The van der Waals surface area contributed by atoms with Crippen LogP contribution >= 0.6 is 11.8 Å². The quantitative estimate of drug-likeness (QED) is 0.378. The predicted octanol–water partition coefficient (Wildman–Crippen LogP) is 8.13. The van der Waals surface area contributed by atoms with Crippen molar-refractivity contribution in [3.8, 4) is 28.0 Å². The van der Waals surface area contributed by atoms with Gasteiger partial charge < -0.3 is 4.74 Å². The summed E-state index contributed by atoms with van der Waals surface area (Å²) in [6, 6.07) is 15.2. The molecule has 3 aromatic rings. The van der Waals surface area contributed by atoms with Crippen molar-refractivity contribution in [1.29, 1.82) is 0 Å². The van der Waals surface area contributed by atoms with Gasteiger partial charge in [-0.3, -0.25) is 0 Å². The molecule has 5 heteroatoms. The molecule has 1 nitrogen and oxygen atoms in total. The van der Waals surface area contributed by atoms with Crippen LogP contribution in [0.25, 0.3) is 22.3 Å². The van der Waals surface area contributed by atoms with E-state index in [0.29, 0.717) is 0 Å². The van der Waals surface area contributed by atoms with E-state index in [0.717, 1.165) is 44.7 Å². The average Bonchev–Trinajstić information content (AvgIpc) is 2.68. The SMILES string of the molecule is CCc1c(-c2cc(C)ccc2C)cc(C)cc1-c1cc(OC(F)(F)F)ccc1SC. The van der Waals surface area contributed by atoms with Crippen molar-refractivity contribution in [2.24, 2.45) is 0 Å². The Kier molecular flexibility index (Phi) is 6.51. The van der Waals surface area contributed by atoms with Crippen LogP contribution in [0.2, 0.25) is 0 Å². The van der Waals surface area contributed by atoms with Crippen LogP contribution in [0, 0.1) is 20.8 Å². The Hall–Kier alpha value is -2.40. The summed E-state index contributed by atoms with van der Waals surface area (Å²) in [6.45, 7) is 8.25. The number of aryl methyl sites for hydroxylation is 3. The Labute approximate surface area is 180 Å². The molecule has 0 unspecified atom stereocenters. The molecule has 3 aromatic carbocycles. The Bertz CT molecular complexity index is 1070. The van der Waals surface area contributed by atoms with Crippen molar-refractivity contribution in [2.75, 3.05) is 6.26 Å². The van der Waals surface area contributed by atoms with Gasteiger partial charge in [0.05, 0.1) is 0 Å². The van der Waals surface area contributed by atoms with Crippen molar-refractivity contribution in [1.82, 2.24) is 0 Å². The maximum Gasteiger partial charge on any atom is 0.573 e. The Balaban J connectivity index is 2.28. The van der Waals surface area contributed by atoms with Crippen LogP contribution in [-0.2, 0) is 6.42 Å². The largest absolute Gasteiger partial charge is 0.573 e. The zero-order valence-electron chi connectivity index (χ0n) is 17.8. The van der Waals surface area contributed by atoms with Crippen LogP contribution in [0.15, 0.2) is 53.4 Å². The van der Waals surface area contributed by atoms with E-state index in [1.807, 2.05) is 13.2 Å². The third kappa shape index (κ3) is 4.84. The Morgan fingerprint density at radius 1 is 0.800 bits per heavy atom. The van der Waals surface area contributed by atoms with E-state index in [4.69, 9.17) is 0 Å². The van der Waals surface area contributed by atoms with E-state index >= 15 is 0 Å². The molecule has 0 saturated heterocycles. The molecule has 0 atom stereocenters. The van der Waals surface area contributed by atoms with Gasteiger partial charge in [0.2, 0.25) is 0 Å². The van der Waals surface area contributed by atoms with Crippen molar-refractivity contribution in [3.05, 3.63) is 70.8 Å². The van der Waals surface area contributed by atoms with Gasteiger partial charge in [0, 0.05) is 4.90 Å². The van der Waals surface area contributed by atoms with E-state index in [1.54, 1.807) is 6.07 Å². The summed E-state index contributed by atoms with van der Waals surface area (Å²) in [5.74, 6) is -0.202. The first-order chi connectivity index (χ1) is 14.1. The van der Waals surface area contributed by atoms with Gasteiger partial charge in [0.25, 0.3) is 0 Å². The normalized spacial score (nSPS) is 11.6. The first kappa shape index (κ1) is 22.3. The summed E-state index contributed by atoms with van der Waals surface area (Å²) >= 11 is 1.51. The molecule has 0 amide bonds. The standard InChI is InChI=1S/C25H25F3OS/c1-6-19-21(20-11-15(2)7-8-17(20)4)12-16(3)13-22(19)23-14-18(29-25(26,27)28)9-10-24(23)30-5/h7-14H,6H2,1-5H3. The van der Waals surface area contributed by atoms with Crippen LogP contribution in [-0.4, -0.2) is 12.6 Å². The molecular weight excluding hydrogens is 405 g/mol. The molecule has 158 valence electrons. The highest BCUT2D eigenvalue weighted by Gasteiger charge is 2.31. The highest BCUT2D eigenvalue weighted by molar-refractivity contribution is 7.98. The van der Waals surface area contributed by atoms with Crippen LogP contribution < -0.4 is 4.74 Å². The lowest BCUT2D eigenvalue weighted by molar-refractivity contribution is -0.274. The number of hydrogen-bond acceptors (Lipinski definition) is 2. The van der Waals surface area contributed by atoms with E-state index < -0.39 is 6.36 Å². The summed E-state index contributed by atoms with van der Waals surface area (Å²) in [5.41, 5.74) is 8.52. The molecule has 0 aliphatic heterocycles. The molecule has 3 rings (SSSR count). The first-order valence-corrected chi connectivity index (χ1v) is 11.0. The second-order valence-corrected chi connectivity index (χ2v) is 8.27. The number of ether oxygens (including phenoxy) is 1. The minimum absolute atomic E-state index is 0.202. The van der Waals surface area contributed by atoms with Gasteiger partial charge in [0.15, 0.2) is 0 Å². The molecule has 0 N–H and O–H groups in total. The van der Waals surface area contributed by atoms with Crippen LogP contribution in [0.4, 0.5) is 13.2 Å². The molecular formula is C25H25F3OS. The summed E-state index contributed by atoms with van der Waals surface area (Å²) in [5, 5.41) is 0. The number of thioether (sulfide) groups is 1. The lowest BCUT2D eigenvalue weighted by atomic mass is 9.86. The maximum atomic E-state index is 12.8. The van der Waals surface area contributed by atoms with E-state index in [1.165, 1.54) is 35.0 Å². The van der Waals surface area contributed by atoms with Gasteiger partial charge in [0.1, 0.15) is 5.75 Å². The van der Waals surface area contributed by atoms with Crippen molar-refractivity contribution in [2.45, 2.75) is 45.4 Å². The average molecular weight is 431 g/mol. The number of alkyl halides is 3. The number of halogens is 3. The van der Waals surface area contributed by atoms with Crippen LogP contribution in [0.5, 0.6) is 5.75 Å². The number of hydrogen-bond donors (Lipinski definition) is 0. The zero-order valence-corrected chi connectivity index (χ0v) is 18.6. The minimum atomic E-state index is -4.72. The highest BCUT2D eigenvalue weighted by Crippen LogP contribution is 2.41. The smallest absolute Gasteiger partial charge is 0.406 e. The fraction of sp³-hybridized carbons (Fsp3) is 0.280. The van der Waals surface area contributed by atoms with E-state index in [9.17, 15) is 13.2 Å². The summed E-state index contributed by atoms with van der Waals surface area (Å²) in [6.07, 6.45) is -2.03. The van der Waals surface area contributed by atoms with Gasteiger partial charge in [-0.15, -0.1) is 24.9 Å². The molecule has 0 aromatic heterocycles. The topological polar surface area (TPSA) is 9.23 Å². The third-order valence-corrected chi connectivity index (χ3v) is 5.92. The van der Waals surface area contributed by atoms with Gasteiger partial charge in [-0.05, 0) is 90.6 Å². The fourth-order valence-corrected chi connectivity index (χ4v) is 4.39. The lowest BCUT2D eigenvalue weighted by Crippen LogP contribution is -2.17. The maximum absolute atomic E-state index is 12.8. The molecule has 30 heavy (non-hydrogen) atoms. The van der Waals surface area contributed by atoms with Crippen LogP contribution in [0.1, 0.15) is 29.2 Å². The minimum Gasteiger partial charge on any atom is -0.406 e. The second-order valence-electron chi connectivity index (χ2n) is 7.42. The molecule has 0 aliphatic carbocycles. The van der Waals surface area contributed by atoms with Gasteiger partial charge in [-0.1, -0.05) is 42.8 Å². The van der Waals surface area contributed by atoms with Gasteiger partial charge in [-0.25, -0.2) is 0 Å². The second kappa shape index (κ2) is 8.76. The van der Waals surface area contributed by atoms with E-state index in [-0.39, 0.29) is 5.75 Å². The zero-order chi connectivity index (χ0) is 22.1. The molecule has 0 aliphatic rings. The predicted molar refractivity (Wildman–Crippen MR) is 119 cm³/mol. The summed E-state index contributed by atoms with van der Waals surface area (Å²) in [7, 11) is 0. The fourth-order valence-electron chi connectivity index (χ4n) is 3.80. The molecule has 0 radical (unpaired) electrons. The first-order valence-electron chi connectivity index (χ1n) is 9.78. The van der Waals surface area contributed by atoms with Crippen LogP contribution in [0.3, 0.4) is 0 Å². The molecule has 0 spiro atoms. The lowest BCUT2D eigenvalue weighted by Gasteiger charge is -2.20. The number of benzene rings is 3. The highest BCUT2D eigenvalue weighted by atomic mass is 32.2. The number of rotatable bonds is 5. The van der Waals surface area contributed by atoms with E-state index in [2.05, 4.69) is 55.8 Å². The molecule has 0 heterocycles. The van der Waals surface area contributed by atoms with Gasteiger partial charge in [-0.2, -0.15) is 0 Å². The molecule has 0 fully saturated rings. The third-order valence-electron chi connectivity index (χ3n) is 5.13.